The molecular weight excluding hydrogens is 278 g/mol. The van der Waals surface area contributed by atoms with Crippen molar-refractivity contribution < 1.29 is 9.18 Å². The molecule has 0 spiro atoms. The third-order valence-electron chi connectivity index (χ3n) is 3.03. The topological polar surface area (TPSA) is 55.1 Å². The SMILES string of the molecule is CC(NC(=O)C1(N)CC1)c1ccc(F)c(Cl)c1.Cl. The molecule has 1 aromatic carbocycles. The Labute approximate surface area is 116 Å². The zero-order valence-electron chi connectivity index (χ0n) is 9.87. The van der Waals surface area contributed by atoms with Crippen LogP contribution in [0.5, 0.6) is 0 Å². The van der Waals surface area contributed by atoms with E-state index >= 15 is 0 Å². The van der Waals surface area contributed by atoms with Gasteiger partial charge in [0.05, 0.1) is 16.6 Å². The van der Waals surface area contributed by atoms with E-state index in [-0.39, 0.29) is 29.4 Å². The van der Waals surface area contributed by atoms with E-state index < -0.39 is 11.4 Å². The maximum Gasteiger partial charge on any atom is 0.240 e. The summed E-state index contributed by atoms with van der Waals surface area (Å²) in [7, 11) is 0. The van der Waals surface area contributed by atoms with Crippen molar-refractivity contribution in [2.45, 2.75) is 31.3 Å². The van der Waals surface area contributed by atoms with E-state index in [9.17, 15) is 9.18 Å². The highest BCUT2D eigenvalue weighted by Crippen LogP contribution is 2.33. The van der Waals surface area contributed by atoms with E-state index in [2.05, 4.69) is 5.32 Å². The van der Waals surface area contributed by atoms with Crippen LogP contribution in [0.1, 0.15) is 31.4 Å². The van der Waals surface area contributed by atoms with Gasteiger partial charge in [-0.05, 0) is 37.5 Å². The first-order valence-corrected chi connectivity index (χ1v) is 5.85. The molecule has 0 bridgehead atoms. The van der Waals surface area contributed by atoms with Gasteiger partial charge in [-0.3, -0.25) is 4.79 Å². The van der Waals surface area contributed by atoms with Crippen molar-refractivity contribution in [3.8, 4) is 0 Å². The fraction of sp³-hybridized carbons (Fsp3) is 0.417. The molecule has 1 saturated carbocycles. The number of rotatable bonds is 3. The van der Waals surface area contributed by atoms with Crippen LogP contribution >= 0.6 is 24.0 Å². The van der Waals surface area contributed by atoms with Crippen molar-refractivity contribution in [1.82, 2.24) is 5.32 Å². The number of hydrogen-bond donors (Lipinski definition) is 2. The molecular formula is C12H15Cl2FN2O. The fourth-order valence-corrected chi connectivity index (χ4v) is 1.76. The molecule has 1 unspecified atom stereocenters. The Morgan fingerprint density at radius 1 is 1.56 bits per heavy atom. The van der Waals surface area contributed by atoms with Gasteiger partial charge in [-0.2, -0.15) is 0 Å². The summed E-state index contributed by atoms with van der Waals surface area (Å²) in [6.45, 7) is 1.81. The minimum absolute atomic E-state index is 0. The van der Waals surface area contributed by atoms with Crippen LogP contribution in [0, 0.1) is 5.82 Å². The van der Waals surface area contributed by atoms with Gasteiger partial charge in [-0.15, -0.1) is 12.4 Å². The summed E-state index contributed by atoms with van der Waals surface area (Å²) in [5, 5.41) is 2.85. The standard InChI is InChI=1S/C12H14ClFN2O.ClH/c1-7(16-11(17)12(15)4-5-12)8-2-3-10(14)9(13)6-8;/h2-3,6-7H,4-5,15H2,1H3,(H,16,17);1H. The van der Waals surface area contributed by atoms with Crippen LogP contribution in [-0.4, -0.2) is 11.4 Å². The van der Waals surface area contributed by atoms with Crippen LogP contribution in [0.4, 0.5) is 4.39 Å². The lowest BCUT2D eigenvalue weighted by molar-refractivity contribution is -0.123. The Morgan fingerprint density at radius 2 is 2.17 bits per heavy atom. The Hall–Kier alpha value is -0.840. The summed E-state index contributed by atoms with van der Waals surface area (Å²) < 4.78 is 13.0. The lowest BCUT2D eigenvalue weighted by Gasteiger charge is -2.17. The van der Waals surface area contributed by atoms with Crippen LogP contribution < -0.4 is 11.1 Å². The third kappa shape index (κ3) is 3.13. The molecule has 0 saturated heterocycles. The Balaban J connectivity index is 0.00000162. The largest absolute Gasteiger partial charge is 0.348 e. The second-order valence-electron chi connectivity index (χ2n) is 4.52. The average molecular weight is 293 g/mol. The summed E-state index contributed by atoms with van der Waals surface area (Å²) in [6, 6.07) is 4.16. The van der Waals surface area contributed by atoms with Crippen LogP contribution in [0.2, 0.25) is 5.02 Å². The minimum Gasteiger partial charge on any atom is -0.348 e. The van der Waals surface area contributed by atoms with Crippen molar-refractivity contribution in [3.05, 3.63) is 34.6 Å². The van der Waals surface area contributed by atoms with Gasteiger partial charge in [0.15, 0.2) is 0 Å². The second-order valence-corrected chi connectivity index (χ2v) is 4.93. The Morgan fingerprint density at radius 3 is 2.67 bits per heavy atom. The molecule has 1 aromatic rings. The van der Waals surface area contributed by atoms with Crippen LogP contribution in [0.15, 0.2) is 18.2 Å². The number of carbonyl (C=O) groups excluding carboxylic acids is 1. The highest BCUT2D eigenvalue weighted by atomic mass is 35.5. The molecule has 1 aliphatic carbocycles. The van der Waals surface area contributed by atoms with Gasteiger partial charge in [0, 0.05) is 0 Å². The van der Waals surface area contributed by atoms with E-state index in [1.807, 2.05) is 6.92 Å². The van der Waals surface area contributed by atoms with Gasteiger partial charge < -0.3 is 11.1 Å². The highest BCUT2D eigenvalue weighted by Gasteiger charge is 2.46. The van der Waals surface area contributed by atoms with Crippen molar-refractivity contribution in [3.63, 3.8) is 0 Å². The Kier molecular flexibility index (Phi) is 4.59. The monoisotopic (exact) mass is 292 g/mol. The zero-order valence-corrected chi connectivity index (χ0v) is 11.4. The molecule has 2 rings (SSSR count). The van der Waals surface area contributed by atoms with Gasteiger partial charge in [-0.1, -0.05) is 17.7 Å². The molecule has 1 atom stereocenters. The molecule has 1 amide bonds. The van der Waals surface area contributed by atoms with E-state index in [0.29, 0.717) is 0 Å². The van der Waals surface area contributed by atoms with Crippen molar-refractivity contribution in [1.29, 1.82) is 0 Å². The first-order chi connectivity index (χ1) is 7.92. The first-order valence-electron chi connectivity index (χ1n) is 5.47. The summed E-state index contributed by atoms with van der Waals surface area (Å²) in [6.07, 6.45) is 1.44. The second kappa shape index (κ2) is 5.43. The van der Waals surface area contributed by atoms with Gasteiger partial charge in [0.25, 0.3) is 0 Å². The minimum atomic E-state index is -0.696. The first kappa shape index (κ1) is 15.2. The van der Waals surface area contributed by atoms with Crippen molar-refractivity contribution in [2.75, 3.05) is 0 Å². The Bertz CT molecular complexity index is 463. The molecule has 3 N–H and O–H groups in total. The zero-order chi connectivity index (χ0) is 12.6. The van der Waals surface area contributed by atoms with E-state index in [1.54, 1.807) is 6.07 Å². The van der Waals surface area contributed by atoms with Gasteiger partial charge >= 0.3 is 0 Å². The molecule has 6 heteroatoms. The molecule has 1 aliphatic rings. The maximum absolute atomic E-state index is 13.0. The lowest BCUT2D eigenvalue weighted by Crippen LogP contribution is -2.43. The molecule has 3 nitrogen and oxygen atoms in total. The van der Waals surface area contributed by atoms with Crippen LogP contribution in [0.3, 0.4) is 0 Å². The van der Waals surface area contributed by atoms with Crippen molar-refractivity contribution in [2.24, 2.45) is 5.73 Å². The van der Waals surface area contributed by atoms with Crippen LogP contribution in [0.25, 0.3) is 0 Å². The molecule has 0 heterocycles. The molecule has 0 aromatic heterocycles. The summed E-state index contributed by atoms with van der Waals surface area (Å²) in [5.41, 5.74) is 5.83. The number of nitrogens with two attached hydrogens (primary N) is 1. The fourth-order valence-electron chi connectivity index (χ4n) is 1.57. The van der Waals surface area contributed by atoms with Gasteiger partial charge in [0.2, 0.25) is 5.91 Å². The van der Waals surface area contributed by atoms with Gasteiger partial charge in [-0.25, -0.2) is 4.39 Å². The molecule has 0 radical (unpaired) electrons. The number of amides is 1. The maximum atomic E-state index is 13.0. The number of halogens is 3. The molecule has 0 aliphatic heterocycles. The van der Waals surface area contributed by atoms with E-state index in [1.165, 1.54) is 12.1 Å². The number of carbonyl (C=O) groups is 1. The molecule has 1 fully saturated rings. The smallest absolute Gasteiger partial charge is 0.240 e. The number of hydrogen-bond acceptors (Lipinski definition) is 2. The van der Waals surface area contributed by atoms with Crippen molar-refractivity contribution >= 4 is 29.9 Å². The normalized spacial score (nSPS) is 17.6. The number of benzene rings is 1. The number of nitrogens with one attached hydrogen (secondary N) is 1. The molecule has 100 valence electrons. The van der Waals surface area contributed by atoms with Gasteiger partial charge in [0.1, 0.15) is 5.82 Å². The lowest BCUT2D eigenvalue weighted by atomic mass is 10.1. The average Bonchev–Trinajstić information content (AvgIpc) is 3.02. The summed E-state index contributed by atoms with van der Waals surface area (Å²) in [5.74, 6) is -0.628. The van der Waals surface area contributed by atoms with E-state index in [4.69, 9.17) is 17.3 Å². The third-order valence-corrected chi connectivity index (χ3v) is 3.32. The molecule has 18 heavy (non-hydrogen) atoms. The van der Waals surface area contributed by atoms with Crippen LogP contribution in [-0.2, 0) is 4.79 Å². The predicted molar refractivity (Wildman–Crippen MR) is 71.4 cm³/mol. The highest BCUT2D eigenvalue weighted by molar-refractivity contribution is 6.30. The quantitative estimate of drug-likeness (QED) is 0.900. The predicted octanol–water partition coefficient (Wildman–Crippen LogP) is 2.57. The summed E-state index contributed by atoms with van der Waals surface area (Å²) >= 11 is 5.68. The summed E-state index contributed by atoms with van der Waals surface area (Å²) in [4.78, 5) is 11.7. The van der Waals surface area contributed by atoms with E-state index in [0.717, 1.165) is 18.4 Å².